The molecule has 0 atom stereocenters. The molecule has 0 N–H and O–H groups in total. The van der Waals surface area contributed by atoms with Crippen molar-refractivity contribution in [2.75, 3.05) is 0 Å². The van der Waals surface area contributed by atoms with E-state index in [-0.39, 0.29) is 5.41 Å². The largest absolute Gasteiger partial charge is 0.0996 e. The second-order valence-electron chi connectivity index (χ2n) is 6.88. The molecule has 2 aromatic rings. The summed E-state index contributed by atoms with van der Waals surface area (Å²) < 4.78 is 0. The fourth-order valence-corrected chi connectivity index (χ4v) is 2.41. The van der Waals surface area contributed by atoms with Crippen LogP contribution in [0.3, 0.4) is 0 Å². The van der Waals surface area contributed by atoms with Crippen LogP contribution in [0.4, 0.5) is 0 Å². The fraction of sp³-hybridized carbons (Fsp3) is 0.333. The lowest BCUT2D eigenvalue weighted by Crippen LogP contribution is -2.15. The molecule has 0 unspecified atom stereocenters. The van der Waals surface area contributed by atoms with Gasteiger partial charge >= 0.3 is 0 Å². The predicted molar refractivity (Wildman–Crippen MR) is 109 cm³/mol. The van der Waals surface area contributed by atoms with Crippen LogP contribution in [0.5, 0.6) is 0 Å². The van der Waals surface area contributed by atoms with Gasteiger partial charge in [0.2, 0.25) is 0 Å². The Morgan fingerprint density at radius 1 is 0.833 bits per heavy atom. The van der Waals surface area contributed by atoms with Gasteiger partial charge in [-0.15, -0.1) is 0 Å². The summed E-state index contributed by atoms with van der Waals surface area (Å²) in [7, 11) is 0. The summed E-state index contributed by atoms with van der Waals surface area (Å²) in [6.45, 7) is 21.0. The van der Waals surface area contributed by atoms with Crippen molar-refractivity contribution in [3.8, 4) is 0 Å². The molecule has 0 heterocycles. The van der Waals surface area contributed by atoms with E-state index in [0.717, 1.165) is 12.0 Å². The van der Waals surface area contributed by atoms with Gasteiger partial charge in [0.15, 0.2) is 0 Å². The van der Waals surface area contributed by atoms with Gasteiger partial charge in [-0.2, -0.15) is 0 Å². The Morgan fingerprint density at radius 3 is 1.67 bits per heavy atom. The van der Waals surface area contributed by atoms with Crippen molar-refractivity contribution in [1.29, 1.82) is 0 Å². The highest BCUT2D eigenvalue weighted by Crippen LogP contribution is 2.30. The molecule has 2 aromatic carbocycles. The van der Waals surface area contributed by atoms with Gasteiger partial charge in [-0.1, -0.05) is 101 Å². The fourth-order valence-electron chi connectivity index (χ4n) is 2.41. The molecular weight excluding hydrogens is 288 g/mol. The number of aryl methyl sites for hydroxylation is 1. The summed E-state index contributed by atoms with van der Waals surface area (Å²) in [4.78, 5) is 0. The maximum Gasteiger partial charge on any atom is -0.0110 e. The van der Waals surface area contributed by atoms with E-state index >= 15 is 0 Å². The van der Waals surface area contributed by atoms with E-state index in [4.69, 9.17) is 0 Å². The zero-order valence-corrected chi connectivity index (χ0v) is 16.2. The molecule has 0 radical (unpaired) electrons. The van der Waals surface area contributed by atoms with Crippen LogP contribution in [-0.4, -0.2) is 0 Å². The standard InChI is InChI=1S/C22H26.C2H6/c1-16(2)22(5,6)15-19-9-13-21(14-10-19)18(4)20-11-7-17(3)8-12-20;1-2/h7-14H,1,4,15H2,2-3,5-6H3;1-2H3. The van der Waals surface area contributed by atoms with Crippen LogP contribution in [-0.2, 0) is 6.42 Å². The highest BCUT2D eigenvalue weighted by molar-refractivity contribution is 5.78. The number of allylic oxidation sites excluding steroid dienone is 1. The second kappa shape index (κ2) is 8.68. The molecule has 0 fully saturated rings. The summed E-state index contributed by atoms with van der Waals surface area (Å²) in [5, 5.41) is 0. The third kappa shape index (κ3) is 5.23. The average Bonchev–Trinajstić information content (AvgIpc) is 2.57. The minimum absolute atomic E-state index is 0.134. The molecule has 24 heavy (non-hydrogen) atoms. The van der Waals surface area contributed by atoms with E-state index in [0.29, 0.717) is 0 Å². The molecule has 0 bridgehead atoms. The highest BCUT2D eigenvalue weighted by atomic mass is 14.2. The molecule has 0 saturated heterocycles. The molecule has 0 aliphatic heterocycles. The summed E-state index contributed by atoms with van der Waals surface area (Å²) in [6.07, 6.45) is 1.01. The van der Waals surface area contributed by atoms with Gasteiger partial charge in [-0.05, 0) is 47.9 Å². The zero-order chi connectivity index (χ0) is 18.3. The molecule has 0 heteroatoms. The van der Waals surface area contributed by atoms with Crippen molar-refractivity contribution in [2.24, 2.45) is 5.41 Å². The van der Waals surface area contributed by atoms with Crippen molar-refractivity contribution < 1.29 is 0 Å². The summed E-state index contributed by atoms with van der Waals surface area (Å²) in [5.41, 5.74) is 7.41. The van der Waals surface area contributed by atoms with E-state index in [9.17, 15) is 0 Å². The van der Waals surface area contributed by atoms with Gasteiger partial charge in [-0.25, -0.2) is 0 Å². The number of benzene rings is 2. The van der Waals surface area contributed by atoms with Crippen molar-refractivity contribution in [3.63, 3.8) is 0 Å². The van der Waals surface area contributed by atoms with Crippen LogP contribution in [0, 0.1) is 12.3 Å². The third-order valence-electron chi connectivity index (χ3n) is 4.50. The van der Waals surface area contributed by atoms with Gasteiger partial charge in [0.25, 0.3) is 0 Å². The van der Waals surface area contributed by atoms with Crippen LogP contribution >= 0.6 is 0 Å². The Morgan fingerprint density at radius 2 is 1.25 bits per heavy atom. The Kier molecular flexibility index (Phi) is 7.22. The van der Waals surface area contributed by atoms with Gasteiger partial charge in [0, 0.05) is 0 Å². The maximum absolute atomic E-state index is 4.24. The second-order valence-corrected chi connectivity index (χ2v) is 6.88. The van der Waals surface area contributed by atoms with E-state index < -0.39 is 0 Å². The molecule has 0 aromatic heterocycles. The normalized spacial score (nSPS) is 10.6. The molecule has 0 saturated carbocycles. The van der Waals surface area contributed by atoms with Crippen LogP contribution in [0.1, 0.15) is 56.9 Å². The Balaban J connectivity index is 0.00000139. The average molecular weight is 321 g/mol. The minimum Gasteiger partial charge on any atom is -0.0996 e. The van der Waals surface area contributed by atoms with E-state index in [1.54, 1.807) is 0 Å². The van der Waals surface area contributed by atoms with E-state index in [1.165, 1.54) is 27.8 Å². The maximum atomic E-state index is 4.24. The minimum atomic E-state index is 0.134. The zero-order valence-electron chi connectivity index (χ0n) is 16.2. The van der Waals surface area contributed by atoms with Gasteiger partial charge < -0.3 is 0 Å². The summed E-state index contributed by atoms with van der Waals surface area (Å²) in [5.74, 6) is 0. The quantitative estimate of drug-likeness (QED) is 0.510. The molecule has 0 aliphatic rings. The Labute approximate surface area is 148 Å². The predicted octanol–water partition coefficient (Wildman–Crippen LogP) is 7.23. The van der Waals surface area contributed by atoms with Gasteiger partial charge in [0.05, 0.1) is 0 Å². The SMILES string of the molecule is C=C(c1ccc(C)cc1)c1ccc(CC(C)(C)C(=C)C)cc1.CC. The lowest BCUT2D eigenvalue weighted by atomic mass is 9.80. The lowest BCUT2D eigenvalue weighted by Gasteiger charge is -2.25. The molecule has 0 nitrogen and oxygen atoms in total. The first-order chi connectivity index (χ1) is 11.3. The Bertz CT molecular complexity index is 667. The van der Waals surface area contributed by atoms with Crippen LogP contribution in [0.25, 0.3) is 5.57 Å². The van der Waals surface area contributed by atoms with E-state index in [1.807, 2.05) is 13.8 Å². The topological polar surface area (TPSA) is 0 Å². The number of hydrogen-bond acceptors (Lipinski definition) is 0. The van der Waals surface area contributed by atoms with Crippen LogP contribution in [0.2, 0.25) is 0 Å². The van der Waals surface area contributed by atoms with Crippen LogP contribution in [0.15, 0.2) is 67.3 Å². The lowest BCUT2D eigenvalue weighted by molar-refractivity contribution is 0.445. The van der Waals surface area contributed by atoms with Gasteiger partial charge in [-0.3, -0.25) is 0 Å². The third-order valence-corrected chi connectivity index (χ3v) is 4.50. The smallest absolute Gasteiger partial charge is 0.0110 e. The molecule has 0 amide bonds. The molecular formula is C24H32. The monoisotopic (exact) mass is 320 g/mol. The van der Waals surface area contributed by atoms with Crippen molar-refractivity contribution in [1.82, 2.24) is 0 Å². The molecule has 2 rings (SSSR count). The van der Waals surface area contributed by atoms with Crippen molar-refractivity contribution in [3.05, 3.63) is 89.5 Å². The molecule has 128 valence electrons. The summed E-state index contributed by atoms with van der Waals surface area (Å²) in [6, 6.07) is 17.3. The van der Waals surface area contributed by atoms with Gasteiger partial charge in [0.1, 0.15) is 0 Å². The van der Waals surface area contributed by atoms with Crippen LogP contribution < -0.4 is 0 Å². The molecule has 0 aliphatic carbocycles. The number of hydrogen-bond donors (Lipinski definition) is 0. The van der Waals surface area contributed by atoms with E-state index in [2.05, 4.69) is 89.4 Å². The van der Waals surface area contributed by atoms with Crippen molar-refractivity contribution in [2.45, 2.75) is 48.0 Å². The van der Waals surface area contributed by atoms with Crippen molar-refractivity contribution >= 4 is 5.57 Å². The molecule has 0 spiro atoms. The summed E-state index contributed by atoms with van der Waals surface area (Å²) >= 11 is 0. The Hall–Kier alpha value is -2.08. The first kappa shape index (κ1) is 20.0. The first-order valence-corrected chi connectivity index (χ1v) is 8.81. The number of rotatable bonds is 5. The first-order valence-electron chi connectivity index (χ1n) is 8.81. The highest BCUT2D eigenvalue weighted by Gasteiger charge is 2.19.